The number of aliphatic imine (C=N–C) groups is 1. The van der Waals surface area contributed by atoms with Gasteiger partial charge in [-0.05, 0) is 36.5 Å². The lowest BCUT2D eigenvalue weighted by Crippen LogP contribution is -2.34. The van der Waals surface area contributed by atoms with E-state index < -0.39 is 5.92 Å². The fourth-order valence-electron chi connectivity index (χ4n) is 4.16. The van der Waals surface area contributed by atoms with Gasteiger partial charge in [-0.25, -0.2) is 9.98 Å². The van der Waals surface area contributed by atoms with Crippen LogP contribution in [0.1, 0.15) is 35.8 Å². The van der Waals surface area contributed by atoms with Crippen molar-refractivity contribution in [2.75, 3.05) is 0 Å². The molecule has 0 fully saturated rings. The maximum atomic E-state index is 12.5. The molecule has 2 amide bonds. The van der Waals surface area contributed by atoms with Gasteiger partial charge >= 0.3 is 0 Å². The lowest BCUT2D eigenvalue weighted by molar-refractivity contribution is -0.122. The summed E-state index contributed by atoms with van der Waals surface area (Å²) in [6.45, 7) is 1.05. The van der Waals surface area contributed by atoms with Crippen LogP contribution in [0.5, 0.6) is 0 Å². The van der Waals surface area contributed by atoms with Crippen LogP contribution in [0.15, 0.2) is 41.5 Å². The van der Waals surface area contributed by atoms with Crippen molar-refractivity contribution in [3.8, 4) is 11.3 Å². The Balaban J connectivity index is 1.37. The first-order valence-corrected chi connectivity index (χ1v) is 9.43. The van der Waals surface area contributed by atoms with Crippen molar-refractivity contribution in [2.24, 2.45) is 10.9 Å². The number of hydrogen-bond donors (Lipinski definition) is 1. The highest BCUT2D eigenvalue weighted by Crippen LogP contribution is 2.35. The van der Waals surface area contributed by atoms with E-state index >= 15 is 0 Å². The molecule has 6 heteroatoms. The summed E-state index contributed by atoms with van der Waals surface area (Å²) >= 11 is 0. The number of amides is 2. The molecule has 0 saturated heterocycles. The van der Waals surface area contributed by atoms with Crippen LogP contribution in [-0.4, -0.2) is 27.6 Å². The Labute approximate surface area is 157 Å². The molecule has 27 heavy (non-hydrogen) atoms. The average Bonchev–Trinajstić information content (AvgIpc) is 3.37. The van der Waals surface area contributed by atoms with Crippen LogP contribution < -0.4 is 5.32 Å². The summed E-state index contributed by atoms with van der Waals surface area (Å²) in [5.41, 5.74) is 4.55. The third-order valence-corrected chi connectivity index (χ3v) is 5.61. The van der Waals surface area contributed by atoms with E-state index in [-0.39, 0.29) is 17.9 Å². The normalized spacial score (nSPS) is 22.7. The minimum atomic E-state index is -0.481. The highest BCUT2D eigenvalue weighted by Gasteiger charge is 2.27. The molecule has 0 spiro atoms. The summed E-state index contributed by atoms with van der Waals surface area (Å²) in [6, 6.07) is 6.44. The van der Waals surface area contributed by atoms with Gasteiger partial charge in [-0.1, -0.05) is 18.2 Å². The molecular formula is C21H20N4O2. The molecule has 1 aromatic carbocycles. The van der Waals surface area contributed by atoms with Crippen molar-refractivity contribution in [1.29, 1.82) is 0 Å². The molecular weight excluding hydrogens is 340 g/mol. The molecule has 3 aliphatic rings. The van der Waals surface area contributed by atoms with Crippen molar-refractivity contribution >= 4 is 18.0 Å². The molecule has 0 radical (unpaired) electrons. The zero-order chi connectivity index (χ0) is 18.4. The second-order valence-electron chi connectivity index (χ2n) is 7.35. The number of dihydropyridines is 1. The topological polar surface area (TPSA) is 76.3 Å². The van der Waals surface area contributed by atoms with Crippen molar-refractivity contribution in [2.45, 2.75) is 38.3 Å². The largest absolute Gasteiger partial charge is 0.348 e. The van der Waals surface area contributed by atoms with E-state index in [2.05, 4.69) is 39.3 Å². The molecule has 0 saturated carbocycles. The lowest BCUT2D eigenvalue weighted by Gasteiger charge is -2.17. The zero-order valence-corrected chi connectivity index (χ0v) is 14.9. The summed E-state index contributed by atoms with van der Waals surface area (Å²) < 4.78 is 2.23. The van der Waals surface area contributed by atoms with Gasteiger partial charge in [-0.3, -0.25) is 9.59 Å². The van der Waals surface area contributed by atoms with Crippen LogP contribution >= 0.6 is 0 Å². The Morgan fingerprint density at radius 2 is 2.19 bits per heavy atom. The molecule has 0 bridgehead atoms. The number of hydrogen-bond acceptors (Lipinski definition) is 3. The molecule has 1 unspecified atom stereocenters. The molecule has 6 nitrogen and oxygen atoms in total. The zero-order valence-electron chi connectivity index (χ0n) is 14.9. The van der Waals surface area contributed by atoms with Crippen LogP contribution in [0.3, 0.4) is 0 Å². The standard InChI is InChI=1S/C21H20N4O2/c26-20-8-6-15(11-22-20)21(27)24-17-7-5-13-3-4-14(10-16(13)17)18-12-25-9-1-2-19(25)23-18/h3-4,6,8,10-12,15,17H,1-2,5,7,9H2,(H,24,27)/t15?,17-/m1/s1. The molecule has 1 N–H and O–H groups in total. The van der Waals surface area contributed by atoms with Crippen LogP contribution in [0.2, 0.25) is 0 Å². The SMILES string of the molecule is O=C1C=CC(C(=O)N[C@@H]2CCc3ccc(-c4cn5c(n4)CCC5)cc32)C=N1. The van der Waals surface area contributed by atoms with E-state index in [1.165, 1.54) is 29.8 Å². The van der Waals surface area contributed by atoms with Gasteiger partial charge in [0.2, 0.25) is 5.91 Å². The number of fused-ring (bicyclic) bond motifs is 2. The smallest absolute Gasteiger partial charge is 0.269 e. The summed E-state index contributed by atoms with van der Waals surface area (Å²) in [4.78, 5) is 32.2. The van der Waals surface area contributed by atoms with Crippen molar-refractivity contribution in [3.05, 3.63) is 53.5 Å². The Morgan fingerprint density at radius 3 is 3.00 bits per heavy atom. The number of rotatable bonds is 3. The number of carbonyl (C=O) groups is 2. The summed E-state index contributed by atoms with van der Waals surface area (Å²) in [7, 11) is 0. The predicted molar refractivity (Wildman–Crippen MR) is 101 cm³/mol. The van der Waals surface area contributed by atoms with Gasteiger partial charge in [0, 0.05) is 37.0 Å². The number of nitrogens with zero attached hydrogens (tertiary/aromatic N) is 3. The van der Waals surface area contributed by atoms with Gasteiger partial charge in [-0.2, -0.15) is 0 Å². The number of aryl methyl sites for hydroxylation is 3. The molecule has 2 aromatic rings. The first-order valence-electron chi connectivity index (χ1n) is 9.43. The minimum Gasteiger partial charge on any atom is -0.348 e. The second kappa shape index (κ2) is 6.30. The number of nitrogens with one attached hydrogen (secondary N) is 1. The van der Waals surface area contributed by atoms with E-state index in [9.17, 15) is 9.59 Å². The third kappa shape index (κ3) is 2.91. The first kappa shape index (κ1) is 16.2. The number of aromatic nitrogens is 2. The van der Waals surface area contributed by atoms with E-state index in [0.717, 1.165) is 42.9 Å². The molecule has 2 aliphatic heterocycles. The third-order valence-electron chi connectivity index (χ3n) is 5.61. The number of carbonyl (C=O) groups excluding carboxylic acids is 2. The fraction of sp³-hybridized carbons (Fsp3) is 0.333. The lowest BCUT2D eigenvalue weighted by atomic mass is 10.0. The second-order valence-corrected chi connectivity index (χ2v) is 7.35. The molecule has 2 atom stereocenters. The van der Waals surface area contributed by atoms with Gasteiger partial charge in [0.1, 0.15) is 5.82 Å². The van der Waals surface area contributed by atoms with Gasteiger partial charge in [0.05, 0.1) is 17.7 Å². The van der Waals surface area contributed by atoms with Crippen molar-refractivity contribution < 1.29 is 9.59 Å². The van der Waals surface area contributed by atoms with Gasteiger partial charge in [0.25, 0.3) is 5.91 Å². The molecule has 136 valence electrons. The van der Waals surface area contributed by atoms with E-state index in [1.54, 1.807) is 6.08 Å². The predicted octanol–water partition coefficient (Wildman–Crippen LogP) is 2.38. The molecule has 5 rings (SSSR count). The van der Waals surface area contributed by atoms with Crippen LogP contribution in [0.25, 0.3) is 11.3 Å². The number of imidazole rings is 1. The van der Waals surface area contributed by atoms with Gasteiger partial charge < -0.3 is 9.88 Å². The minimum absolute atomic E-state index is 0.0126. The highest BCUT2D eigenvalue weighted by molar-refractivity contribution is 6.05. The Kier molecular flexibility index (Phi) is 3.77. The van der Waals surface area contributed by atoms with E-state index in [4.69, 9.17) is 4.98 Å². The van der Waals surface area contributed by atoms with Crippen molar-refractivity contribution in [1.82, 2.24) is 14.9 Å². The van der Waals surface area contributed by atoms with E-state index in [1.807, 2.05) is 0 Å². The maximum absolute atomic E-state index is 12.5. The van der Waals surface area contributed by atoms with E-state index in [0.29, 0.717) is 0 Å². The van der Waals surface area contributed by atoms with Crippen LogP contribution in [0, 0.1) is 5.92 Å². The first-order chi connectivity index (χ1) is 13.2. The van der Waals surface area contributed by atoms with Crippen LogP contribution in [-0.2, 0) is 29.0 Å². The quantitative estimate of drug-likeness (QED) is 0.913. The summed E-state index contributed by atoms with van der Waals surface area (Å²) in [5.74, 6) is 0.243. The highest BCUT2D eigenvalue weighted by atomic mass is 16.2. The monoisotopic (exact) mass is 360 g/mol. The van der Waals surface area contributed by atoms with Crippen LogP contribution in [0.4, 0.5) is 0 Å². The average molecular weight is 360 g/mol. The van der Waals surface area contributed by atoms with Gasteiger partial charge in [-0.15, -0.1) is 0 Å². The number of benzene rings is 1. The van der Waals surface area contributed by atoms with Crippen molar-refractivity contribution in [3.63, 3.8) is 0 Å². The molecule has 1 aromatic heterocycles. The summed E-state index contributed by atoms with van der Waals surface area (Å²) in [6.07, 6.45) is 10.5. The van der Waals surface area contributed by atoms with Gasteiger partial charge in [0.15, 0.2) is 0 Å². The Morgan fingerprint density at radius 1 is 1.26 bits per heavy atom. The Hall–Kier alpha value is -3.02. The fourth-order valence-corrected chi connectivity index (χ4v) is 4.16. The summed E-state index contributed by atoms with van der Waals surface area (Å²) in [5, 5.41) is 3.12. The molecule has 3 heterocycles. The molecule has 1 aliphatic carbocycles. The maximum Gasteiger partial charge on any atom is 0.269 e. The Bertz CT molecular complexity index is 964.